The molecule has 0 atom stereocenters. The Balaban J connectivity index is 2.15. The second kappa shape index (κ2) is 4.47. The van der Waals surface area contributed by atoms with Crippen LogP contribution in [0.2, 0.25) is 0 Å². The van der Waals surface area contributed by atoms with E-state index in [1.54, 1.807) is 6.20 Å². The van der Waals surface area contributed by atoms with Gasteiger partial charge in [0.1, 0.15) is 0 Å². The minimum Gasteiger partial charge on any atom is -0.392 e. The normalized spacial score (nSPS) is 18.2. The molecule has 1 aromatic rings. The smallest absolute Gasteiger partial charge is 0.239 e. The Morgan fingerprint density at radius 1 is 1.56 bits per heavy atom. The van der Waals surface area contributed by atoms with Crippen molar-refractivity contribution >= 4 is 39.6 Å². The van der Waals surface area contributed by atoms with Crippen LogP contribution in [0.25, 0.3) is 0 Å². The number of nitrogens with one attached hydrogen (secondary N) is 1. The number of rotatable bonds is 3. The highest BCUT2D eigenvalue weighted by Crippen LogP contribution is 2.39. The minimum absolute atomic E-state index is 0.104. The molecule has 1 aromatic heterocycles. The topological polar surface area (TPSA) is 68.0 Å². The summed E-state index contributed by atoms with van der Waals surface area (Å²) in [6.07, 6.45) is 5.16. The molecule has 1 aliphatic carbocycles. The first kappa shape index (κ1) is 11.5. The predicted octanol–water partition coefficient (Wildman–Crippen LogP) is 1.93. The van der Waals surface area contributed by atoms with Crippen molar-refractivity contribution in [1.29, 1.82) is 0 Å². The molecule has 0 aromatic carbocycles. The molecule has 4 nitrogen and oxygen atoms in total. The molecular formula is C10H13N3OS2. The van der Waals surface area contributed by atoms with Crippen LogP contribution in [0.5, 0.6) is 0 Å². The van der Waals surface area contributed by atoms with E-state index in [2.05, 4.69) is 10.3 Å². The SMILES string of the molecule is NC(=S)C1(C(=O)Nc2nccs2)CCCC1. The second-order valence-corrected chi connectivity index (χ2v) is 5.28. The fraction of sp³-hybridized carbons (Fsp3) is 0.500. The lowest BCUT2D eigenvalue weighted by Crippen LogP contribution is -2.43. The first-order valence-electron chi connectivity index (χ1n) is 5.16. The van der Waals surface area contributed by atoms with Gasteiger partial charge in [-0.15, -0.1) is 11.3 Å². The van der Waals surface area contributed by atoms with Gasteiger partial charge >= 0.3 is 0 Å². The molecule has 1 heterocycles. The Bertz CT molecular complexity index is 396. The van der Waals surface area contributed by atoms with Gasteiger partial charge in [-0.3, -0.25) is 4.79 Å². The standard InChI is InChI=1S/C10H13N3OS2/c11-7(15)10(3-1-2-4-10)8(14)13-9-12-5-6-16-9/h5-6H,1-4H2,(H2,11,15)(H,12,13,14). The summed E-state index contributed by atoms with van der Waals surface area (Å²) in [7, 11) is 0. The highest BCUT2D eigenvalue weighted by atomic mass is 32.1. The van der Waals surface area contributed by atoms with Gasteiger partial charge in [0.25, 0.3) is 0 Å². The van der Waals surface area contributed by atoms with E-state index in [0.29, 0.717) is 10.1 Å². The summed E-state index contributed by atoms with van der Waals surface area (Å²) >= 11 is 6.43. The summed E-state index contributed by atoms with van der Waals surface area (Å²) in [5.41, 5.74) is 5.06. The van der Waals surface area contributed by atoms with E-state index in [1.807, 2.05) is 5.38 Å². The van der Waals surface area contributed by atoms with Crippen molar-refractivity contribution in [2.75, 3.05) is 5.32 Å². The molecule has 0 saturated heterocycles. The number of nitrogens with two attached hydrogens (primary N) is 1. The van der Waals surface area contributed by atoms with Crippen LogP contribution in [0, 0.1) is 5.41 Å². The van der Waals surface area contributed by atoms with Gasteiger partial charge in [0.2, 0.25) is 5.91 Å². The number of anilines is 1. The lowest BCUT2D eigenvalue weighted by Gasteiger charge is -2.25. The number of hydrogen-bond donors (Lipinski definition) is 2. The zero-order chi connectivity index (χ0) is 11.6. The molecule has 0 aliphatic heterocycles. The molecule has 2 rings (SSSR count). The lowest BCUT2D eigenvalue weighted by atomic mass is 9.85. The Hall–Kier alpha value is -1.01. The summed E-state index contributed by atoms with van der Waals surface area (Å²) in [4.78, 5) is 16.5. The molecule has 1 fully saturated rings. The Morgan fingerprint density at radius 2 is 2.25 bits per heavy atom. The fourth-order valence-electron chi connectivity index (χ4n) is 2.07. The third-order valence-corrected chi connectivity index (χ3v) is 4.10. The van der Waals surface area contributed by atoms with E-state index in [0.717, 1.165) is 25.7 Å². The van der Waals surface area contributed by atoms with Crippen molar-refractivity contribution in [1.82, 2.24) is 4.98 Å². The molecule has 16 heavy (non-hydrogen) atoms. The summed E-state index contributed by atoms with van der Waals surface area (Å²) in [5, 5.41) is 5.21. The molecule has 86 valence electrons. The van der Waals surface area contributed by atoms with Crippen molar-refractivity contribution in [3.8, 4) is 0 Å². The van der Waals surface area contributed by atoms with E-state index in [9.17, 15) is 4.79 Å². The number of nitrogens with zero attached hydrogens (tertiary/aromatic N) is 1. The Kier molecular flexibility index (Phi) is 3.20. The molecule has 0 bridgehead atoms. The number of aromatic nitrogens is 1. The zero-order valence-corrected chi connectivity index (χ0v) is 10.4. The molecule has 1 amide bonds. The molecule has 6 heteroatoms. The number of carbonyl (C=O) groups is 1. The van der Waals surface area contributed by atoms with Gasteiger partial charge in [-0.1, -0.05) is 25.1 Å². The van der Waals surface area contributed by atoms with Crippen LogP contribution in [0.1, 0.15) is 25.7 Å². The van der Waals surface area contributed by atoms with Gasteiger partial charge in [0.15, 0.2) is 5.13 Å². The van der Waals surface area contributed by atoms with Crippen molar-refractivity contribution in [2.45, 2.75) is 25.7 Å². The molecule has 0 spiro atoms. The van der Waals surface area contributed by atoms with Gasteiger partial charge in [-0.2, -0.15) is 0 Å². The summed E-state index contributed by atoms with van der Waals surface area (Å²) in [5.74, 6) is -0.104. The summed E-state index contributed by atoms with van der Waals surface area (Å²) in [6, 6.07) is 0. The lowest BCUT2D eigenvalue weighted by molar-refractivity contribution is -0.122. The highest BCUT2D eigenvalue weighted by Gasteiger charge is 2.44. The Morgan fingerprint density at radius 3 is 2.75 bits per heavy atom. The maximum absolute atomic E-state index is 12.2. The molecule has 1 aliphatic rings. The molecule has 0 unspecified atom stereocenters. The Labute approximate surface area is 103 Å². The average Bonchev–Trinajstić information content (AvgIpc) is 2.87. The van der Waals surface area contributed by atoms with Crippen LogP contribution in [-0.4, -0.2) is 15.9 Å². The highest BCUT2D eigenvalue weighted by molar-refractivity contribution is 7.80. The number of hydrogen-bond acceptors (Lipinski definition) is 4. The summed E-state index contributed by atoms with van der Waals surface area (Å²) < 4.78 is 0. The quantitative estimate of drug-likeness (QED) is 0.810. The molecule has 0 radical (unpaired) electrons. The van der Waals surface area contributed by atoms with Gasteiger partial charge in [-0.05, 0) is 12.8 Å². The maximum atomic E-state index is 12.2. The monoisotopic (exact) mass is 255 g/mol. The third-order valence-electron chi connectivity index (χ3n) is 3.02. The van der Waals surface area contributed by atoms with Crippen molar-refractivity contribution in [2.24, 2.45) is 11.1 Å². The first-order valence-corrected chi connectivity index (χ1v) is 6.45. The van der Waals surface area contributed by atoms with Crippen LogP contribution in [-0.2, 0) is 4.79 Å². The predicted molar refractivity (Wildman–Crippen MR) is 68.4 cm³/mol. The number of thiocarbonyl (C=S) groups is 1. The van der Waals surface area contributed by atoms with E-state index < -0.39 is 5.41 Å². The minimum atomic E-state index is -0.652. The molecular weight excluding hydrogens is 242 g/mol. The van der Waals surface area contributed by atoms with Crippen molar-refractivity contribution < 1.29 is 4.79 Å². The third kappa shape index (κ3) is 1.94. The number of carbonyl (C=O) groups excluding carboxylic acids is 1. The van der Waals surface area contributed by atoms with E-state index in [1.165, 1.54) is 11.3 Å². The average molecular weight is 255 g/mol. The molecule has 3 N–H and O–H groups in total. The van der Waals surface area contributed by atoms with Gasteiger partial charge in [-0.25, -0.2) is 4.98 Å². The van der Waals surface area contributed by atoms with Crippen molar-refractivity contribution in [3.63, 3.8) is 0 Å². The summed E-state index contributed by atoms with van der Waals surface area (Å²) in [6.45, 7) is 0. The largest absolute Gasteiger partial charge is 0.392 e. The van der Waals surface area contributed by atoms with E-state index >= 15 is 0 Å². The van der Waals surface area contributed by atoms with Crippen LogP contribution in [0.4, 0.5) is 5.13 Å². The van der Waals surface area contributed by atoms with Gasteiger partial charge in [0, 0.05) is 11.6 Å². The van der Waals surface area contributed by atoms with Crippen LogP contribution in [0.15, 0.2) is 11.6 Å². The fourth-order valence-corrected chi connectivity index (χ4v) is 2.89. The molecule has 1 saturated carbocycles. The zero-order valence-electron chi connectivity index (χ0n) is 8.73. The second-order valence-electron chi connectivity index (χ2n) is 3.94. The van der Waals surface area contributed by atoms with E-state index in [-0.39, 0.29) is 5.91 Å². The van der Waals surface area contributed by atoms with E-state index in [4.69, 9.17) is 18.0 Å². The number of thiazole rings is 1. The van der Waals surface area contributed by atoms with Crippen LogP contribution in [0.3, 0.4) is 0 Å². The van der Waals surface area contributed by atoms with Gasteiger partial charge < -0.3 is 11.1 Å². The van der Waals surface area contributed by atoms with Crippen LogP contribution >= 0.6 is 23.6 Å². The first-order chi connectivity index (χ1) is 7.65. The van der Waals surface area contributed by atoms with Gasteiger partial charge in [0.05, 0.1) is 10.4 Å². The van der Waals surface area contributed by atoms with Crippen molar-refractivity contribution in [3.05, 3.63) is 11.6 Å². The maximum Gasteiger partial charge on any atom is 0.239 e. The number of amides is 1. The van der Waals surface area contributed by atoms with Crippen LogP contribution < -0.4 is 11.1 Å².